The summed E-state index contributed by atoms with van der Waals surface area (Å²) in [6.45, 7) is 0. The van der Waals surface area contributed by atoms with E-state index in [0.29, 0.717) is 22.3 Å². The summed E-state index contributed by atoms with van der Waals surface area (Å²) < 4.78 is 2.50. The number of rotatable bonds is 3. The molecule has 0 N–H and O–H groups in total. The molecule has 0 bridgehead atoms. The van der Waals surface area contributed by atoms with E-state index in [4.69, 9.17) is 0 Å². The van der Waals surface area contributed by atoms with Crippen molar-refractivity contribution in [3.8, 4) is 16.8 Å². The Hall–Kier alpha value is -4.44. The lowest BCUT2D eigenvalue weighted by molar-refractivity contribution is 0.251. The Morgan fingerprint density at radius 1 is 0.673 bits per heavy atom. The van der Waals surface area contributed by atoms with Crippen LogP contribution in [0.4, 0.5) is 0 Å². The Bertz CT molecular complexity index is 2450. The maximum atomic E-state index is 2.77. The van der Waals surface area contributed by atoms with E-state index in [2.05, 4.69) is 168 Å². The van der Waals surface area contributed by atoms with Crippen LogP contribution in [0.3, 0.4) is 0 Å². The molecule has 1 nitrogen and oxygen atoms in total. The van der Waals surface area contributed by atoms with Gasteiger partial charge in [-0.25, -0.2) is 0 Å². The Balaban J connectivity index is 1.13. The zero-order valence-corrected chi connectivity index (χ0v) is 30.9. The van der Waals surface area contributed by atoms with Crippen molar-refractivity contribution in [2.24, 2.45) is 11.8 Å². The van der Waals surface area contributed by atoms with Gasteiger partial charge in [-0.2, -0.15) is 0 Å². The molecular weight excluding hydrogens is 667 g/mol. The molecule has 5 aromatic rings. The third kappa shape index (κ3) is 4.64. The van der Waals surface area contributed by atoms with Crippen molar-refractivity contribution in [3.63, 3.8) is 0 Å². The van der Waals surface area contributed by atoms with Gasteiger partial charge in [-0.15, -0.1) is 11.8 Å². The third-order valence-electron chi connectivity index (χ3n) is 12.6. The molecule has 0 amide bonds. The molecule has 4 aliphatic carbocycles. The van der Waals surface area contributed by atoms with Crippen LogP contribution in [-0.2, 0) is 11.8 Å². The van der Waals surface area contributed by atoms with E-state index in [1.165, 1.54) is 72.7 Å². The molecule has 11 rings (SSSR count). The largest absolute Gasteiger partial charge is 0.313 e. The molecule has 2 aliphatic heterocycles. The lowest BCUT2D eigenvalue weighted by Crippen LogP contribution is -2.55. The van der Waals surface area contributed by atoms with Gasteiger partial charge >= 0.3 is 0 Å². The van der Waals surface area contributed by atoms with E-state index in [0.717, 1.165) is 25.7 Å². The Morgan fingerprint density at radius 3 is 2.42 bits per heavy atom. The standard InChI is InChI=1S/C49H41NS2/c1-3-13-32(14-4-1)34-24-27-47-41(30-34)49(39-18-8-11-21-45(39)51-47)40-19-9-12-22-46(40)52-48-28-25-35(31-42(48)49)33-23-26-44-38(29-33)37-17-7-10-20-43(37)50(44)36-15-5-2-6-16-36/h1-3,5-9,11-13,15-19,21-23,25-26,28-31,39,41,45,47H,4,10,14,20,24,27H2. The second-order valence-electron chi connectivity index (χ2n) is 15.2. The average Bonchev–Trinajstić information content (AvgIpc) is 3.55. The smallest absolute Gasteiger partial charge is 0.0538 e. The molecule has 1 fully saturated rings. The normalized spacial score (nSPS) is 26.6. The summed E-state index contributed by atoms with van der Waals surface area (Å²) >= 11 is 4.23. The van der Waals surface area contributed by atoms with Crippen LogP contribution in [0.15, 0.2) is 167 Å². The average molecular weight is 708 g/mol. The Kier molecular flexibility index (Phi) is 7.37. The van der Waals surface area contributed by atoms with Gasteiger partial charge in [-0.05, 0) is 114 Å². The predicted octanol–water partition coefficient (Wildman–Crippen LogP) is 12.8. The van der Waals surface area contributed by atoms with E-state index in [1.807, 2.05) is 11.8 Å². The lowest BCUT2D eigenvalue weighted by atomic mass is 9.54. The highest BCUT2D eigenvalue weighted by molar-refractivity contribution is 8.00. The summed E-state index contributed by atoms with van der Waals surface area (Å²) in [7, 11) is 0. The first-order valence-corrected chi connectivity index (χ1v) is 20.9. The number of thioether (sulfide) groups is 1. The van der Waals surface area contributed by atoms with E-state index in [9.17, 15) is 0 Å². The molecule has 52 heavy (non-hydrogen) atoms. The molecule has 1 saturated heterocycles. The first kappa shape index (κ1) is 31.1. The minimum atomic E-state index is -0.158. The van der Waals surface area contributed by atoms with Gasteiger partial charge in [0.2, 0.25) is 0 Å². The van der Waals surface area contributed by atoms with Gasteiger partial charge in [0.1, 0.15) is 0 Å². The summed E-state index contributed by atoms with van der Waals surface area (Å²) in [4.78, 5) is 2.85. The van der Waals surface area contributed by atoms with Crippen LogP contribution < -0.4 is 0 Å². The molecule has 0 radical (unpaired) electrons. The minimum absolute atomic E-state index is 0.158. The van der Waals surface area contributed by atoms with Crippen LogP contribution in [0.5, 0.6) is 0 Å². The number of aromatic nitrogens is 1. The third-order valence-corrected chi connectivity index (χ3v) is 15.4. The van der Waals surface area contributed by atoms with Crippen molar-refractivity contribution in [2.75, 3.05) is 0 Å². The van der Waals surface area contributed by atoms with Crippen molar-refractivity contribution < 1.29 is 0 Å². The predicted molar refractivity (Wildman–Crippen MR) is 222 cm³/mol. The van der Waals surface area contributed by atoms with Crippen LogP contribution in [-0.4, -0.2) is 15.1 Å². The van der Waals surface area contributed by atoms with Crippen molar-refractivity contribution in [2.45, 2.75) is 64.2 Å². The summed E-state index contributed by atoms with van der Waals surface area (Å²) in [5, 5.41) is 2.38. The number of hydrogen-bond acceptors (Lipinski definition) is 2. The monoisotopic (exact) mass is 707 g/mol. The minimum Gasteiger partial charge on any atom is -0.313 e. The highest BCUT2D eigenvalue weighted by Gasteiger charge is 2.59. The fourth-order valence-electron chi connectivity index (χ4n) is 10.4. The van der Waals surface area contributed by atoms with Gasteiger partial charge in [-0.3, -0.25) is 0 Å². The zero-order valence-electron chi connectivity index (χ0n) is 29.2. The summed E-state index contributed by atoms with van der Waals surface area (Å²) in [5.41, 5.74) is 14.0. The van der Waals surface area contributed by atoms with E-state index >= 15 is 0 Å². The second-order valence-corrected chi connectivity index (χ2v) is 17.7. The maximum absolute atomic E-state index is 2.77. The van der Waals surface area contributed by atoms with Crippen LogP contribution in [0, 0.1) is 11.8 Å². The quantitative estimate of drug-likeness (QED) is 0.184. The Morgan fingerprint density at radius 2 is 1.50 bits per heavy atom. The van der Waals surface area contributed by atoms with Gasteiger partial charge < -0.3 is 4.57 Å². The molecule has 3 heterocycles. The summed E-state index contributed by atoms with van der Waals surface area (Å²) in [6, 6.07) is 35.0. The van der Waals surface area contributed by atoms with E-state index < -0.39 is 0 Å². The number of fused-ring (bicyclic) bond motifs is 11. The fraction of sp³-hybridized carbons (Fsp3) is 0.224. The second kappa shape index (κ2) is 12.3. The van der Waals surface area contributed by atoms with Crippen molar-refractivity contribution in [1.29, 1.82) is 0 Å². The molecule has 1 aromatic heterocycles. The zero-order chi connectivity index (χ0) is 34.2. The first-order chi connectivity index (χ1) is 25.8. The molecule has 6 aliphatic rings. The lowest BCUT2D eigenvalue weighted by Gasteiger charge is -2.58. The SMILES string of the molecule is C1=CCCC(C2=CC3C(CC2)SC2C=CC=CC2C32c3ccccc3Sc3ccc(-c4ccc5c(c4)c4c(n5-c5ccccc5)CCC=C4)cc32)=C1. The number of allylic oxidation sites excluding steroid dienone is 10. The number of hydrogen-bond donors (Lipinski definition) is 0. The topological polar surface area (TPSA) is 4.93 Å². The molecule has 254 valence electrons. The van der Waals surface area contributed by atoms with E-state index in [-0.39, 0.29) is 5.41 Å². The van der Waals surface area contributed by atoms with Crippen LogP contribution >= 0.6 is 23.5 Å². The van der Waals surface area contributed by atoms with Crippen molar-refractivity contribution >= 4 is 40.5 Å². The van der Waals surface area contributed by atoms with Crippen molar-refractivity contribution in [3.05, 3.63) is 179 Å². The van der Waals surface area contributed by atoms with E-state index in [1.54, 1.807) is 11.1 Å². The highest BCUT2D eigenvalue weighted by atomic mass is 32.2. The summed E-state index contributed by atoms with van der Waals surface area (Å²) in [6.07, 6.45) is 31.1. The first-order valence-electron chi connectivity index (χ1n) is 19.2. The number of nitrogens with zero attached hydrogens (tertiary/aromatic N) is 1. The molecule has 0 saturated carbocycles. The van der Waals surface area contributed by atoms with Crippen LogP contribution in [0.2, 0.25) is 0 Å². The maximum Gasteiger partial charge on any atom is 0.0538 e. The number of benzene rings is 4. The van der Waals surface area contributed by atoms with Gasteiger partial charge in [0.15, 0.2) is 0 Å². The summed E-state index contributed by atoms with van der Waals surface area (Å²) in [5.74, 6) is 0.774. The molecule has 4 aromatic carbocycles. The van der Waals surface area contributed by atoms with Crippen molar-refractivity contribution in [1.82, 2.24) is 4.57 Å². The highest BCUT2D eigenvalue weighted by Crippen LogP contribution is 2.65. The molecule has 5 atom stereocenters. The number of para-hydroxylation sites is 1. The Labute approximate surface area is 315 Å². The molecular formula is C49H41NS2. The molecule has 1 spiro atoms. The van der Waals surface area contributed by atoms with Crippen LogP contribution in [0.1, 0.15) is 54.5 Å². The van der Waals surface area contributed by atoms with Gasteiger partial charge in [0, 0.05) is 59.9 Å². The van der Waals surface area contributed by atoms with Gasteiger partial charge in [0.25, 0.3) is 0 Å². The fourth-order valence-corrected chi connectivity index (χ4v) is 13.4. The van der Waals surface area contributed by atoms with Crippen LogP contribution in [0.25, 0.3) is 33.8 Å². The molecule has 3 heteroatoms. The van der Waals surface area contributed by atoms with Gasteiger partial charge in [0.05, 0.1) is 5.52 Å². The van der Waals surface area contributed by atoms with Gasteiger partial charge in [-0.1, -0.05) is 121 Å². The molecule has 5 unspecified atom stereocenters.